The molecule has 0 spiro atoms. The van der Waals surface area contributed by atoms with Crippen LogP contribution in [0.2, 0.25) is 0 Å². The fourth-order valence-electron chi connectivity index (χ4n) is 3.05. The van der Waals surface area contributed by atoms with Gasteiger partial charge in [0.05, 0.1) is 16.1 Å². The molecule has 6 nitrogen and oxygen atoms in total. The highest BCUT2D eigenvalue weighted by molar-refractivity contribution is 7.78. The van der Waals surface area contributed by atoms with Crippen molar-refractivity contribution in [3.63, 3.8) is 0 Å². The average molecular weight is 401 g/mol. The average Bonchev–Trinajstić information content (AvgIpc) is 3.07. The number of carbonyl (C=O) groups excluding carboxylic acids is 1. The van der Waals surface area contributed by atoms with Gasteiger partial charge in [0.15, 0.2) is 5.78 Å². The predicted molar refractivity (Wildman–Crippen MR) is 116 cm³/mol. The molecule has 4 aromatic rings. The number of ketones is 1. The number of non-ortho nitro benzene ring substituents is 1. The highest BCUT2D eigenvalue weighted by Crippen LogP contribution is 2.25. The molecule has 142 valence electrons. The Morgan fingerprint density at radius 1 is 0.966 bits per heavy atom. The Kier molecular flexibility index (Phi) is 4.97. The first-order valence-electron chi connectivity index (χ1n) is 8.77. The number of rotatable bonds is 5. The molecule has 0 atom stereocenters. The Hall–Kier alpha value is -3.71. The summed E-state index contributed by atoms with van der Waals surface area (Å²) >= 11 is 4.37. The van der Waals surface area contributed by atoms with Gasteiger partial charge >= 0.3 is 0 Å². The van der Waals surface area contributed by atoms with E-state index in [0.29, 0.717) is 11.1 Å². The molecule has 0 bridgehead atoms. The molecule has 0 aliphatic heterocycles. The minimum Gasteiger partial charge on any atom is -0.289 e. The Labute approximate surface area is 171 Å². The van der Waals surface area contributed by atoms with E-state index in [1.165, 1.54) is 22.3 Å². The van der Waals surface area contributed by atoms with E-state index < -0.39 is 4.92 Å². The molecule has 0 N–H and O–H groups in total. The van der Waals surface area contributed by atoms with Crippen molar-refractivity contribution in [1.82, 2.24) is 9.19 Å². The number of nitrogens with zero attached hydrogens (tertiary/aromatic N) is 3. The first kappa shape index (κ1) is 18.6. The summed E-state index contributed by atoms with van der Waals surface area (Å²) in [5.41, 5.74) is 3.00. The second kappa shape index (κ2) is 7.73. The lowest BCUT2D eigenvalue weighted by atomic mass is 10.0. The molecule has 0 saturated heterocycles. The summed E-state index contributed by atoms with van der Waals surface area (Å²) in [7, 11) is 0. The number of thiol groups is 1. The van der Waals surface area contributed by atoms with Crippen LogP contribution >= 0.6 is 12.8 Å². The summed E-state index contributed by atoms with van der Waals surface area (Å²) in [6, 6.07) is 20.7. The molecule has 1 aromatic heterocycles. The summed E-state index contributed by atoms with van der Waals surface area (Å²) < 4.78 is 1.42. The highest BCUT2D eigenvalue weighted by atomic mass is 32.1. The summed E-state index contributed by atoms with van der Waals surface area (Å²) in [6.07, 6.45) is 3.85. The molecule has 0 aliphatic carbocycles. The predicted octanol–water partition coefficient (Wildman–Crippen LogP) is 5.04. The second-order valence-corrected chi connectivity index (χ2v) is 6.77. The van der Waals surface area contributed by atoms with Gasteiger partial charge in [0.1, 0.15) is 0 Å². The number of hydrogen-bond acceptors (Lipinski definition) is 5. The maximum atomic E-state index is 12.8. The first-order valence-corrected chi connectivity index (χ1v) is 9.17. The zero-order valence-corrected chi connectivity index (χ0v) is 16.0. The van der Waals surface area contributed by atoms with Gasteiger partial charge in [0.25, 0.3) is 5.69 Å². The summed E-state index contributed by atoms with van der Waals surface area (Å²) in [6.45, 7) is 0. The Morgan fingerprint density at radius 2 is 1.72 bits per heavy atom. The number of nitro benzene ring substituents is 1. The zero-order valence-electron chi connectivity index (χ0n) is 15.1. The van der Waals surface area contributed by atoms with E-state index in [9.17, 15) is 14.9 Å². The van der Waals surface area contributed by atoms with Crippen LogP contribution in [0.25, 0.3) is 23.1 Å². The van der Waals surface area contributed by atoms with E-state index in [-0.39, 0.29) is 17.0 Å². The molecule has 3 aromatic carbocycles. The third kappa shape index (κ3) is 3.81. The van der Waals surface area contributed by atoms with Crippen LogP contribution in [-0.4, -0.2) is 19.9 Å². The highest BCUT2D eigenvalue weighted by Gasteiger charge is 2.16. The third-order valence-corrected chi connectivity index (χ3v) is 4.81. The second-order valence-electron chi connectivity index (χ2n) is 6.39. The normalized spacial score (nSPS) is 11.2. The SMILES string of the molecule is O=C(c1cccc([N+](=O)[O-])c1)c1ccc2c(/C=C/c3ccccc3)nn(S)c2c1. The van der Waals surface area contributed by atoms with Crippen molar-refractivity contribution < 1.29 is 9.72 Å². The molecular formula is C22H15N3O3S. The van der Waals surface area contributed by atoms with Crippen LogP contribution in [0.1, 0.15) is 27.2 Å². The van der Waals surface area contributed by atoms with Gasteiger partial charge in [-0.2, -0.15) is 5.10 Å². The fourth-order valence-corrected chi connectivity index (χ4v) is 3.32. The van der Waals surface area contributed by atoms with Crippen LogP contribution < -0.4 is 0 Å². The number of nitro groups is 1. The lowest BCUT2D eigenvalue weighted by Gasteiger charge is -2.02. The maximum absolute atomic E-state index is 12.8. The number of benzene rings is 3. The molecule has 0 unspecified atom stereocenters. The number of carbonyl (C=O) groups is 1. The third-order valence-electron chi connectivity index (χ3n) is 4.51. The Balaban J connectivity index is 1.69. The smallest absolute Gasteiger partial charge is 0.270 e. The van der Waals surface area contributed by atoms with Gasteiger partial charge in [0.2, 0.25) is 0 Å². The van der Waals surface area contributed by atoms with E-state index >= 15 is 0 Å². The molecule has 1 heterocycles. The van der Waals surface area contributed by atoms with E-state index in [1.54, 1.807) is 18.2 Å². The lowest BCUT2D eigenvalue weighted by molar-refractivity contribution is -0.384. The van der Waals surface area contributed by atoms with Crippen molar-refractivity contribution in [2.45, 2.75) is 0 Å². The minimum absolute atomic E-state index is 0.121. The quantitative estimate of drug-likeness (QED) is 0.220. The van der Waals surface area contributed by atoms with Crippen molar-refractivity contribution in [3.05, 3.63) is 105 Å². The van der Waals surface area contributed by atoms with Gasteiger partial charge < -0.3 is 0 Å². The molecule has 29 heavy (non-hydrogen) atoms. The topological polar surface area (TPSA) is 78.0 Å². The van der Waals surface area contributed by atoms with Gasteiger partial charge in [-0.05, 0) is 36.6 Å². The van der Waals surface area contributed by atoms with E-state index in [2.05, 4.69) is 17.9 Å². The standard InChI is InChI=1S/C22H15N3O3S/c26-22(16-7-4-8-18(13-16)25(27)28)17-10-11-19-20(23-24(29)21(19)14-17)12-9-15-5-2-1-3-6-15/h1-14,29H/b12-9+. The molecule has 7 heteroatoms. The van der Waals surface area contributed by atoms with Gasteiger partial charge in [0, 0.05) is 28.6 Å². The molecule has 4 rings (SSSR count). The van der Waals surface area contributed by atoms with Crippen LogP contribution in [0.4, 0.5) is 5.69 Å². The van der Waals surface area contributed by atoms with E-state index in [1.807, 2.05) is 48.6 Å². The maximum Gasteiger partial charge on any atom is 0.270 e. The molecule has 0 amide bonds. The number of aromatic nitrogens is 2. The van der Waals surface area contributed by atoms with Gasteiger partial charge in [-0.25, -0.2) is 4.09 Å². The summed E-state index contributed by atoms with van der Waals surface area (Å²) in [5, 5.41) is 16.2. The van der Waals surface area contributed by atoms with Crippen molar-refractivity contribution in [2.75, 3.05) is 0 Å². The van der Waals surface area contributed by atoms with Crippen LogP contribution in [0.5, 0.6) is 0 Å². The van der Waals surface area contributed by atoms with Crippen molar-refractivity contribution in [2.24, 2.45) is 0 Å². The molecule has 0 aliphatic rings. The van der Waals surface area contributed by atoms with Gasteiger partial charge in [-0.1, -0.05) is 54.6 Å². The Morgan fingerprint density at radius 3 is 2.48 bits per heavy atom. The van der Waals surface area contributed by atoms with Crippen LogP contribution in [0, 0.1) is 10.1 Å². The fraction of sp³-hybridized carbons (Fsp3) is 0. The largest absolute Gasteiger partial charge is 0.289 e. The molecule has 0 saturated carbocycles. The van der Waals surface area contributed by atoms with Gasteiger partial charge in [-0.15, -0.1) is 0 Å². The van der Waals surface area contributed by atoms with Gasteiger partial charge in [-0.3, -0.25) is 14.9 Å². The lowest BCUT2D eigenvalue weighted by Crippen LogP contribution is -2.02. The van der Waals surface area contributed by atoms with Crippen LogP contribution in [0.15, 0.2) is 72.8 Å². The van der Waals surface area contributed by atoms with Crippen molar-refractivity contribution in [1.29, 1.82) is 0 Å². The molecule has 0 fully saturated rings. The molecule has 0 radical (unpaired) electrons. The van der Waals surface area contributed by atoms with Crippen LogP contribution in [0.3, 0.4) is 0 Å². The zero-order chi connectivity index (χ0) is 20.4. The van der Waals surface area contributed by atoms with Crippen molar-refractivity contribution in [3.8, 4) is 0 Å². The minimum atomic E-state index is -0.520. The Bertz CT molecular complexity index is 1260. The van der Waals surface area contributed by atoms with E-state index in [4.69, 9.17) is 0 Å². The summed E-state index contributed by atoms with van der Waals surface area (Å²) in [4.78, 5) is 23.2. The monoisotopic (exact) mass is 401 g/mol. The van der Waals surface area contributed by atoms with E-state index in [0.717, 1.165) is 16.6 Å². The summed E-state index contributed by atoms with van der Waals surface area (Å²) in [5.74, 6) is -0.300. The first-order chi connectivity index (χ1) is 14.0. The number of fused-ring (bicyclic) bond motifs is 1. The molecular weight excluding hydrogens is 386 g/mol. The number of hydrogen-bond donors (Lipinski definition) is 1. The van der Waals surface area contributed by atoms with Crippen molar-refractivity contribution >= 4 is 47.3 Å². The van der Waals surface area contributed by atoms with Crippen LogP contribution in [-0.2, 0) is 0 Å².